The van der Waals surface area contributed by atoms with Gasteiger partial charge in [0.2, 0.25) is 11.0 Å². The predicted molar refractivity (Wildman–Crippen MR) is 101 cm³/mol. The second-order valence-electron chi connectivity index (χ2n) is 5.41. The van der Waals surface area contributed by atoms with Crippen LogP contribution in [0.5, 0.6) is 0 Å². The molecule has 5 nitrogen and oxygen atoms in total. The zero-order valence-electron chi connectivity index (χ0n) is 13.7. The van der Waals surface area contributed by atoms with Crippen LogP contribution in [0.1, 0.15) is 5.56 Å². The first kappa shape index (κ1) is 19.1. The molecule has 0 aliphatic rings. The maximum Gasteiger partial charge on any atom is 0.418 e. The highest BCUT2D eigenvalue weighted by Crippen LogP contribution is 2.34. The summed E-state index contributed by atoms with van der Waals surface area (Å²) < 4.78 is 39.7. The number of hydrogen-bond acceptors (Lipinski definition) is 5. The highest BCUT2D eigenvalue weighted by molar-refractivity contribution is 7.73. The third-order valence-electron chi connectivity index (χ3n) is 3.53. The number of carbonyl (C=O) groups is 1. The fourth-order valence-electron chi connectivity index (χ4n) is 2.39. The molecule has 1 aromatic heterocycles. The maximum absolute atomic E-state index is 13.1. The zero-order valence-corrected chi connectivity index (χ0v) is 15.3. The molecule has 0 atom stereocenters. The van der Waals surface area contributed by atoms with Crippen LogP contribution in [0.2, 0.25) is 0 Å². The average Bonchev–Trinajstić information content (AvgIpc) is 3.06. The molecule has 0 bridgehead atoms. The summed E-state index contributed by atoms with van der Waals surface area (Å²) in [6.07, 6.45) is -4.56. The highest BCUT2D eigenvalue weighted by Gasteiger charge is 2.33. The molecule has 10 heteroatoms. The van der Waals surface area contributed by atoms with Crippen LogP contribution in [0.15, 0.2) is 54.6 Å². The number of alkyl halides is 3. The van der Waals surface area contributed by atoms with Crippen molar-refractivity contribution < 1.29 is 18.0 Å². The first-order valence-corrected chi connectivity index (χ1v) is 8.91. The van der Waals surface area contributed by atoms with Gasteiger partial charge < -0.3 is 10.2 Å². The predicted octanol–water partition coefficient (Wildman–Crippen LogP) is 5.00. The summed E-state index contributed by atoms with van der Waals surface area (Å²) in [6.45, 7) is -0.230. The Hall–Kier alpha value is -2.72. The van der Waals surface area contributed by atoms with E-state index in [1.165, 1.54) is 18.2 Å². The van der Waals surface area contributed by atoms with E-state index in [1.54, 1.807) is 29.2 Å². The standard InChI is InChI=1S/C17H13F3N4OS2/c18-17(19,20)12-8-4-5-9-13(12)21-14(25)10-24(11-6-2-1-3-7-11)15-22-23-16(26)27-15/h1-9H,10H2,(H,21,25)(H,23,26). The molecule has 3 aromatic rings. The lowest BCUT2D eigenvalue weighted by Gasteiger charge is -2.21. The molecule has 0 saturated carbocycles. The highest BCUT2D eigenvalue weighted by atomic mass is 32.1. The van der Waals surface area contributed by atoms with Crippen LogP contribution in [0, 0.1) is 3.95 Å². The Bertz CT molecular complexity index is 985. The summed E-state index contributed by atoms with van der Waals surface area (Å²) in [6, 6.07) is 13.7. The van der Waals surface area contributed by atoms with Crippen LogP contribution in [-0.4, -0.2) is 22.6 Å². The van der Waals surface area contributed by atoms with E-state index in [0.717, 1.165) is 17.4 Å². The van der Waals surface area contributed by atoms with Crippen LogP contribution in [0.3, 0.4) is 0 Å². The molecular formula is C17H13F3N4OS2. The van der Waals surface area contributed by atoms with Gasteiger partial charge in [-0.1, -0.05) is 41.7 Å². The van der Waals surface area contributed by atoms with E-state index < -0.39 is 17.6 Å². The third-order valence-corrected chi connectivity index (χ3v) is 4.65. The van der Waals surface area contributed by atoms with Crippen LogP contribution in [-0.2, 0) is 11.0 Å². The molecule has 27 heavy (non-hydrogen) atoms. The fourth-order valence-corrected chi connectivity index (χ4v) is 3.29. The molecule has 2 aromatic carbocycles. The number of aromatic amines is 1. The van der Waals surface area contributed by atoms with Crippen molar-refractivity contribution in [3.05, 3.63) is 64.1 Å². The van der Waals surface area contributed by atoms with Gasteiger partial charge in [-0.2, -0.15) is 13.2 Å². The molecular weight excluding hydrogens is 397 g/mol. The number of hydrogen-bond donors (Lipinski definition) is 2. The topological polar surface area (TPSA) is 61.0 Å². The summed E-state index contributed by atoms with van der Waals surface area (Å²) >= 11 is 6.19. The number of anilines is 3. The maximum atomic E-state index is 13.1. The van der Waals surface area contributed by atoms with Gasteiger partial charge in [0.25, 0.3) is 0 Å². The van der Waals surface area contributed by atoms with Gasteiger partial charge in [-0.25, -0.2) is 0 Å². The molecule has 0 fully saturated rings. The molecule has 0 saturated heterocycles. The minimum absolute atomic E-state index is 0.230. The Morgan fingerprint density at radius 3 is 2.44 bits per heavy atom. The number of aromatic nitrogens is 2. The summed E-state index contributed by atoms with van der Waals surface area (Å²) in [5.41, 5.74) is -0.535. The van der Waals surface area contributed by atoms with Crippen molar-refractivity contribution in [1.29, 1.82) is 0 Å². The lowest BCUT2D eigenvalue weighted by Crippen LogP contribution is -2.30. The molecule has 0 aliphatic carbocycles. The smallest absolute Gasteiger partial charge is 0.324 e. The van der Waals surface area contributed by atoms with Crippen molar-refractivity contribution >= 4 is 46.0 Å². The second kappa shape index (κ2) is 7.89. The number of halogens is 3. The van der Waals surface area contributed by atoms with Crippen molar-refractivity contribution in [2.45, 2.75) is 6.18 Å². The zero-order chi connectivity index (χ0) is 19.4. The third kappa shape index (κ3) is 4.72. The van der Waals surface area contributed by atoms with Crippen molar-refractivity contribution in [2.75, 3.05) is 16.8 Å². The molecule has 0 aliphatic heterocycles. The number of rotatable bonds is 5. The van der Waals surface area contributed by atoms with Gasteiger partial charge in [-0.15, -0.1) is 5.10 Å². The van der Waals surface area contributed by atoms with Gasteiger partial charge in [0, 0.05) is 5.69 Å². The largest absolute Gasteiger partial charge is 0.418 e. The molecule has 1 heterocycles. The van der Waals surface area contributed by atoms with Crippen molar-refractivity contribution in [3.63, 3.8) is 0 Å². The molecule has 140 valence electrons. The number of nitrogens with one attached hydrogen (secondary N) is 2. The van der Waals surface area contributed by atoms with E-state index in [-0.39, 0.29) is 12.2 Å². The number of para-hydroxylation sites is 2. The average molecular weight is 410 g/mol. The summed E-state index contributed by atoms with van der Waals surface area (Å²) in [4.78, 5) is 14.0. The van der Waals surface area contributed by atoms with E-state index in [1.807, 2.05) is 6.07 Å². The number of amides is 1. The SMILES string of the molecule is O=C(CN(c1ccccc1)c1n[nH]c(=S)s1)Nc1ccccc1C(F)(F)F. The van der Waals surface area contributed by atoms with E-state index in [9.17, 15) is 18.0 Å². The van der Waals surface area contributed by atoms with E-state index in [2.05, 4.69) is 15.5 Å². The fraction of sp³-hybridized carbons (Fsp3) is 0.118. The molecule has 1 amide bonds. The van der Waals surface area contributed by atoms with Crippen LogP contribution < -0.4 is 10.2 Å². The van der Waals surface area contributed by atoms with Crippen molar-refractivity contribution in [3.8, 4) is 0 Å². The van der Waals surface area contributed by atoms with Gasteiger partial charge in [0.15, 0.2) is 3.95 Å². The number of H-pyrrole nitrogens is 1. The molecule has 0 unspecified atom stereocenters. The van der Waals surface area contributed by atoms with Gasteiger partial charge in [0.1, 0.15) is 6.54 Å². The van der Waals surface area contributed by atoms with E-state index in [0.29, 0.717) is 14.8 Å². The summed E-state index contributed by atoms with van der Waals surface area (Å²) in [5.74, 6) is -0.614. The van der Waals surface area contributed by atoms with E-state index in [4.69, 9.17) is 12.2 Å². The Morgan fingerprint density at radius 2 is 1.81 bits per heavy atom. The van der Waals surface area contributed by atoms with Gasteiger partial charge >= 0.3 is 6.18 Å². The number of benzene rings is 2. The lowest BCUT2D eigenvalue weighted by atomic mass is 10.1. The van der Waals surface area contributed by atoms with Crippen molar-refractivity contribution in [2.24, 2.45) is 0 Å². The minimum Gasteiger partial charge on any atom is -0.324 e. The van der Waals surface area contributed by atoms with Gasteiger partial charge in [-0.3, -0.25) is 9.89 Å². The first-order valence-electron chi connectivity index (χ1n) is 7.69. The lowest BCUT2D eigenvalue weighted by molar-refractivity contribution is -0.137. The van der Waals surface area contributed by atoms with Crippen LogP contribution in [0.4, 0.5) is 29.7 Å². The number of nitrogens with zero attached hydrogens (tertiary/aromatic N) is 2. The monoisotopic (exact) mass is 410 g/mol. The quantitative estimate of drug-likeness (QED) is 0.582. The summed E-state index contributed by atoms with van der Waals surface area (Å²) in [7, 11) is 0. The Kier molecular flexibility index (Phi) is 5.57. The normalized spacial score (nSPS) is 11.2. The van der Waals surface area contributed by atoms with Crippen LogP contribution >= 0.6 is 23.6 Å². The van der Waals surface area contributed by atoms with Crippen molar-refractivity contribution in [1.82, 2.24) is 10.2 Å². The van der Waals surface area contributed by atoms with Gasteiger partial charge in [-0.05, 0) is 36.5 Å². The Morgan fingerprint density at radius 1 is 1.15 bits per heavy atom. The first-order chi connectivity index (χ1) is 12.8. The van der Waals surface area contributed by atoms with Gasteiger partial charge in [0.05, 0.1) is 11.3 Å². The molecule has 0 spiro atoms. The minimum atomic E-state index is -4.56. The molecule has 2 N–H and O–H groups in total. The Labute approximate surface area is 161 Å². The second-order valence-corrected chi connectivity index (χ2v) is 7.05. The number of carbonyl (C=O) groups excluding carboxylic acids is 1. The Balaban J connectivity index is 1.85. The molecule has 0 radical (unpaired) electrons. The summed E-state index contributed by atoms with van der Waals surface area (Å²) in [5, 5.41) is 9.47. The molecule has 3 rings (SSSR count). The van der Waals surface area contributed by atoms with Crippen LogP contribution in [0.25, 0.3) is 0 Å². The van der Waals surface area contributed by atoms with E-state index >= 15 is 0 Å².